The molecular formula is C6H10BrN3OS. The highest BCUT2D eigenvalue weighted by molar-refractivity contribution is 9.11. The van der Waals surface area contributed by atoms with E-state index in [1.165, 1.54) is 11.3 Å². The van der Waals surface area contributed by atoms with Crippen LogP contribution in [0.3, 0.4) is 0 Å². The maximum Gasteiger partial charge on any atom is 0.206 e. The number of hydrogen-bond donors (Lipinski definition) is 2. The summed E-state index contributed by atoms with van der Waals surface area (Å²) in [5, 5.41) is 20.4. The first-order valence-corrected chi connectivity index (χ1v) is 5.20. The zero-order valence-electron chi connectivity index (χ0n) is 6.62. The van der Waals surface area contributed by atoms with Crippen molar-refractivity contribution in [1.29, 1.82) is 0 Å². The number of halogens is 1. The van der Waals surface area contributed by atoms with Gasteiger partial charge in [0.15, 0.2) is 3.92 Å². The Morgan fingerprint density at radius 1 is 1.67 bits per heavy atom. The topological polar surface area (TPSA) is 58.0 Å². The Kier molecular flexibility index (Phi) is 3.90. The van der Waals surface area contributed by atoms with E-state index in [9.17, 15) is 0 Å². The van der Waals surface area contributed by atoms with Gasteiger partial charge in [-0.2, -0.15) is 0 Å². The molecule has 0 amide bonds. The van der Waals surface area contributed by atoms with E-state index in [1.54, 1.807) is 6.92 Å². The fourth-order valence-electron chi connectivity index (χ4n) is 0.665. The lowest BCUT2D eigenvalue weighted by Gasteiger charge is -2.03. The van der Waals surface area contributed by atoms with E-state index in [1.807, 2.05) is 0 Å². The molecule has 1 atom stereocenters. The quantitative estimate of drug-likeness (QED) is 0.852. The summed E-state index contributed by atoms with van der Waals surface area (Å²) < 4.78 is 0.766. The maximum absolute atomic E-state index is 8.95. The molecule has 2 N–H and O–H groups in total. The van der Waals surface area contributed by atoms with E-state index < -0.39 is 0 Å². The second-order valence-electron chi connectivity index (χ2n) is 2.42. The summed E-state index contributed by atoms with van der Waals surface area (Å²) in [5.74, 6) is 0. The lowest BCUT2D eigenvalue weighted by Crippen LogP contribution is -2.09. The van der Waals surface area contributed by atoms with Crippen LogP contribution in [0.4, 0.5) is 5.13 Å². The summed E-state index contributed by atoms with van der Waals surface area (Å²) in [5.41, 5.74) is 0. The largest absolute Gasteiger partial charge is 0.393 e. The molecule has 1 unspecified atom stereocenters. The molecule has 6 heteroatoms. The minimum Gasteiger partial charge on any atom is -0.393 e. The molecule has 4 nitrogen and oxygen atoms in total. The normalized spacial score (nSPS) is 12.9. The molecule has 12 heavy (non-hydrogen) atoms. The Morgan fingerprint density at radius 2 is 2.42 bits per heavy atom. The molecule has 0 saturated heterocycles. The lowest BCUT2D eigenvalue weighted by molar-refractivity contribution is 0.189. The third kappa shape index (κ3) is 3.46. The Bertz CT molecular complexity index is 240. The zero-order valence-corrected chi connectivity index (χ0v) is 9.02. The third-order valence-corrected chi connectivity index (χ3v) is 2.55. The van der Waals surface area contributed by atoms with Crippen LogP contribution in [0.15, 0.2) is 3.92 Å². The van der Waals surface area contributed by atoms with Crippen molar-refractivity contribution in [3.8, 4) is 0 Å². The van der Waals surface area contributed by atoms with Crippen molar-refractivity contribution in [3.63, 3.8) is 0 Å². The van der Waals surface area contributed by atoms with Gasteiger partial charge in [0.2, 0.25) is 5.13 Å². The average Bonchev–Trinajstić information content (AvgIpc) is 2.35. The van der Waals surface area contributed by atoms with Crippen molar-refractivity contribution < 1.29 is 5.11 Å². The summed E-state index contributed by atoms with van der Waals surface area (Å²) in [6.45, 7) is 2.48. The molecule has 1 heterocycles. The van der Waals surface area contributed by atoms with Gasteiger partial charge in [-0.15, -0.1) is 10.2 Å². The number of hydrogen-bond acceptors (Lipinski definition) is 5. The molecule has 68 valence electrons. The van der Waals surface area contributed by atoms with Gasteiger partial charge in [-0.25, -0.2) is 0 Å². The van der Waals surface area contributed by atoms with Gasteiger partial charge in [0.25, 0.3) is 0 Å². The molecule has 1 rings (SSSR count). The van der Waals surface area contributed by atoms with Gasteiger partial charge in [0, 0.05) is 6.54 Å². The van der Waals surface area contributed by atoms with Crippen LogP contribution in [-0.2, 0) is 0 Å². The second kappa shape index (κ2) is 4.74. The molecule has 0 aliphatic heterocycles. The van der Waals surface area contributed by atoms with Crippen LogP contribution in [0, 0.1) is 0 Å². The van der Waals surface area contributed by atoms with Gasteiger partial charge in [-0.05, 0) is 29.3 Å². The second-order valence-corrected chi connectivity index (χ2v) is 4.68. The molecule has 0 radical (unpaired) electrons. The van der Waals surface area contributed by atoms with Crippen molar-refractivity contribution in [2.24, 2.45) is 0 Å². The van der Waals surface area contributed by atoms with Gasteiger partial charge >= 0.3 is 0 Å². The standard InChI is InChI=1S/C6H10BrN3OS/c1-4(11)2-3-8-6-10-9-5(7)12-6/h4,11H,2-3H2,1H3,(H,8,10). The minimum atomic E-state index is -0.270. The fraction of sp³-hybridized carbons (Fsp3) is 0.667. The van der Waals surface area contributed by atoms with Crippen LogP contribution in [0.25, 0.3) is 0 Å². The van der Waals surface area contributed by atoms with Crippen LogP contribution in [0.1, 0.15) is 13.3 Å². The fourth-order valence-corrected chi connectivity index (χ4v) is 1.70. The van der Waals surface area contributed by atoms with E-state index in [-0.39, 0.29) is 6.10 Å². The first kappa shape index (κ1) is 9.88. The Labute approximate surface area is 83.2 Å². The van der Waals surface area contributed by atoms with Crippen LogP contribution >= 0.6 is 27.3 Å². The van der Waals surface area contributed by atoms with Crippen molar-refractivity contribution in [2.45, 2.75) is 19.4 Å². The Morgan fingerprint density at radius 3 is 2.92 bits per heavy atom. The van der Waals surface area contributed by atoms with Gasteiger partial charge in [-0.1, -0.05) is 11.3 Å². The molecule has 0 spiro atoms. The van der Waals surface area contributed by atoms with Gasteiger partial charge in [0.05, 0.1) is 6.10 Å². The van der Waals surface area contributed by atoms with E-state index in [0.29, 0.717) is 0 Å². The highest BCUT2D eigenvalue weighted by Gasteiger charge is 2.00. The minimum absolute atomic E-state index is 0.270. The summed E-state index contributed by atoms with van der Waals surface area (Å²) in [4.78, 5) is 0. The first-order valence-electron chi connectivity index (χ1n) is 3.59. The molecule has 0 aromatic carbocycles. The molecule has 1 aromatic rings. The van der Waals surface area contributed by atoms with Crippen molar-refractivity contribution in [2.75, 3.05) is 11.9 Å². The monoisotopic (exact) mass is 251 g/mol. The molecule has 0 fully saturated rings. The number of aliphatic hydroxyl groups excluding tert-OH is 1. The predicted octanol–water partition coefficient (Wildman–Crippen LogP) is 1.48. The third-order valence-electron chi connectivity index (χ3n) is 1.24. The Hall–Kier alpha value is -0.200. The molecule has 0 aliphatic rings. The van der Waals surface area contributed by atoms with E-state index in [2.05, 4.69) is 31.4 Å². The van der Waals surface area contributed by atoms with Crippen molar-refractivity contribution in [1.82, 2.24) is 10.2 Å². The number of anilines is 1. The van der Waals surface area contributed by atoms with Gasteiger partial charge in [0.1, 0.15) is 0 Å². The highest BCUT2D eigenvalue weighted by atomic mass is 79.9. The first-order chi connectivity index (χ1) is 5.68. The number of aromatic nitrogens is 2. The number of rotatable bonds is 4. The SMILES string of the molecule is CC(O)CCNc1nnc(Br)s1. The average molecular weight is 252 g/mol. The van der Waals surface area contributed by atoms with Crippen LogP contribution in [-0.4, -0.2) is 28.0 Å². The number of nitrogens with zero attached hydrogens (tertiary/aromatic N) is 2. The van der Waals surface area contributed by atoms with Crippen molar-refractivity contribution >= 4 is 32.4 Å². The smallest absolute Gasteiger partial charge is 0.206 e. The van der Waals surface area contributed by atoms with E-state index in [4.69, 9.17) is 5.11 Å². The molecule has 0 aliphatic carbocycles. The summed E-state index contributed by atoms with van der Waals surface area (Å²) >= 11 is 4.65. The number of nitrogens with one attached hydrogen (secondary N) is 1. The predicted molar refractivity (Wildman–Crippen MR) is 52.4 cm³/mol. The van der Waals surface area contributed by atoms with Crippen LogP contribution < -0.4 is 5.32 Å². The van der Waals surface area contributed by atoms with E-state index >= 15 is 0 Å². The lowest BCUT2D eigenvalue weighted by atomic mass is 10.3. The summed E-state index contributed by atoms with van der Waals surface area (Å²) in [7, 11) is 0. The maximum atomic E-state index is 8.95. The van der Waals surface area contributed by atoms with Crippen molar-refractivity contribution in [3.05, 3.63) is 3.92 Å². The number of aliphatic hydroxyl groups is 1. The molecular weight excluding hydrogens is 242 g/mol. The zero-order chi connectivity index (χ0) is 8.97. The summed E-state index contributed by atoms with van der Waals surface area (Å²) in [6.07, 6.45) is 0.450. The van der Waals surface area contributed by atoms with Gasteiger partial charge in [-0.3, -0.25) is 0 Å². The Balaban J connectivity index is 2.24. The summed E-state index contributed by atoms with van der Waals surface area (Å²) in [6, 6.07) is 0. The molecule has 1 aromatic heterocycles. The highest BCUT2D eigenvalue weighted by Crippen LogP contribution is 2.19. The molecule has 0 saturated carbocycles. The van der Waals surface area contributed by atoms with Crippen LogP contribution in [0.5, 0.6) is 0 Å². The van der Waals surface area contributed by atoms with Crippen LogP contribution in [0.2, 0.25) is 0 Å². The molecule has 0 bridgehead atoms. The van der Waals surface area contributed by atoms with Gasteiger partial charge < -0.3 is 10.4 Å². The van der Waals surface area contributed by atoms with E-state index in [0.717, 1.165) is 22.0 Å².